The van der Waals surface area contributed by atoms with Crippen molar-refractivity contribution < 1.29 is 4.92 Å². The molecule has 0 aliphatic rings. The molecule has 0 aliphatic carbocycles. The van der Waals surface area contributed by atoms with E-state index in [4.69, 9.17) is 11.6 Å². The fourth-order valence-electron chi connectivity index (χ4n) is 1.48. The third-order valence-electron chi connectivity index (χ3n) is 2.33. The van der Waals surface area contributed by atoms with Gasteiger partial charge in [-0.25, -0.2) is 9.78 Å². The fraction of sp³-hybridized carbons (Fsp3) is 0.100. The average Bonchev–Trinajstić information content (AvgIpc) is 2.32. The number of hydrogen-bond acceptors (Lipinski definition) is 5. The molecule has 0 amide bonds. The second-order valence-electron chi connectivity index (χ2n) is 3.65. The first-order valence-corrected chi connectivity index (χ1v) is 5.44. The van der Waals surface area contributed by atoms with Crippen molar-refractivity contribution in [2.24, 2.45) is 0 Å². The summed E-state index contributed by atoms with van der Waals surface area (Å²) in [6.45, 7) is 0.0404. The Morgan fingerprint density at radius 2 is 2.21 bits per heavy atom. The minimum Gasteiger partial charge on any atom is -0.289 e. The van der Waals surface area contributed by atoms with Gasteiger partial charge >= 0.3 is 16.9 Å². The van der Waals surface area contributed by atoms with E-state index < -0.39 is 21.9 Å². The second kappa shape index (κ2) is 5.02. The topological polar surface area (TPSA) is 111 Å². The first-order valence-electron chi connectivity index (χ1n) is 5.06. The molecule has 19 heavy (non-hydrogen) atoms. The molecule has 1 N–H and O–H groups in total. The van der Waals surface area contributed by atoms with Crippen molar-refractivity contribution in [3.8, 4) is 0 Å². The Hall–Kier alpha value is -2.48. The molecule has 0 saturated heterocycles. The molecule has 2 heterocycles. The van der Waals surface area contributed by atoms with E-state index in [1.54, 1.807) is 6.07 Å². The Kier molecular flexibility index (Phi) is 3.43. The highest BCUT2D eigenvalue weighted by Gasteiger charge is 2.14. The van der Waals surface area contributed by atoms with Crippen LogP contribution in [0.2, 0.25) is 5.15 Å². The molecule has 2 aromatic rings. The summed E-state index contributed by atoms with van der Waals surface area (Å²) in [7, 11) is 0. The summed E-state index contributed by atoms with van der Waals surface area (Å²) in [5.41, 5.74) is -1.83. The quantitative estimate of drug-likeness (QED) is 0.502. The first kappa shape index (κ1) is 13.0. The molecule has 0 saturated carbocycles. The molecule has 98 valence electrons. The molecule has 0 aromatic carbocycles. The number of nitrogens with one attached hydrogen (secondary N) is 1. The van der Waals surface area contributed by atoms with Crippen molar-refractivity contribution in [2.75, 3.05) is 0 Å². The SMILES string of the molecule is O=c1[nH]c(=O)n(Cc2ccnc(Cl)c2)cc1[N+](=O)[O-]. The summed E-state index contributed by atoms with van der Waals surface area (Å²) in [6, 6.07) is 3.13. The highest BCUT2D eigenvalue weighted by Crippen LogP contribution is 2.08. The van der Waals surface area contributed by atoms with Gasteiger partial charge in [0.15, 0.2) is 0 Å². The van der Waals surface area contributed by atoms with Crippen LogP contribution in [0.15, 0.2) is 34.1 Å². The van der Waals surface area contributed by atoms with Crippen molar-refractivity contribution in [3.63, 3.8) is 0 Å². The highest BCUT2D eigenvalue weighted by atomic mass is 35.5. The number of aromatic nitrogens is 3. The predicted octanol–water partition coefficient (Wildman–Crippen LogP) is 0.541. The van der Waals surface area contributed by atoms with Gasteiger partial charge in [-0.2, -0.15) is 0 Å². The summed E-state index contributed by atoms with van der Waals surface area (Å²) in [5.74, 6) is 0. The Labute approximate surface area is 110 Å². The molecule has 0 bridgehead atoms. The van der Waals surface area contributed by atoms with Gasteiger partial charge in [-0.15, -0.1) is 0 Å². The van der Waals surface area contributed by atoms with Crippen LogP contribution in [0.5, 0.6) is 0 Å². The van der Waals surface area contributed by atoms with E-state index in [-0.39, 0.29) is 11.7 Å². The molecule has 9 heteroatoms. The zero-order valence-electron chi connectivity index (χ0n) is 9.37. The van der Waals surface area contributed by atoms with Crippen molar-refractivity contribution in [3.05, 3.63) is 66.2 Å². The van der Waals surface area contributed by atoms with Crippen LogP contribution in [0.1, 0.15) is 5.56 Å². The Morgan fingerprint density at radius 1 is 1.47 bits per heavy atom. The number of nitro groups is 1. The summed E-state index contributed by atoms with van der Waals surface area (Å²) in [4.78, 5) is 38.2. The first-order chi connectivity index (χ1) is 8.97. The van der Waals surface area contributed by atoms with E-state index in [0.717, 1.165) is 10.8 Å². The minimum absolute atomic E-state index is 0.0404. The largest absolute Gasteiger partial charge is 0.350 e. The van der Waals surface area contributed by atoms with Gasteiger partial charge in [0.1, 0.15) is 5.15 Å². The highest BCUT2D eigenvalue weighted by molar-refractivity contribution is 6.29. The van der Waals surface area contributed by atoms with Gasteiger partial charge in [0, 0.05) is 6.20 Å². The molecule has 0 unspecified atom stereocenters. The molecule has 0 atom stereocenters. The lowest BCUT2D eigenvalue weighted by atomic mass is 10.2. The lowest BCUT2D eigenvalue weighted by Gasteiger charge is -2.04. The number of rotatable bonds is 3. The zero-order valence-corrected chi connectivity index (χ0v) is 10.1. The second-order valence-corrected chi connectivity index (χ2v) is 4.03. The molecule has 8 nitrogen and oxygen atoms in total. The molecular formula is C10H7ClN4O4. The third kappa shape index (κ3) is 2.86. The van der Waals surface area contributed by atoms with Gasteiger partial charge in [-0.1, -0.05) is 11.6 Å². The van der Waals surface area contributed by atoms with Crippen molar-refractivity contribution in [2.45, 2.75) is 6.54 Å². The number of aromatic amines is 1. The van der Waals surface area contributed by atoms with E-state index in [1.807, 2.05) is 4.98 Å². The summed E-state index contributed by atoms with van der Waals surface area (Å²) < 4.78 is 1.02. The Balaban J connectivity index is 2.46. The van der Waals surface area contributed by atoms with Crippen LogP contribution in [-0.2, 0) is 6.54 Å². The average molecular weight is 283 g/mol. The third-order valence-corrected chi connectivity index (χ3v) is 2.54. The summed E-state index contributed by atoms with van der Waals surface area (Å²) in [5, 5.41) is 10.9. The summed E-state index contributed by atoms with van der Waals surface area (Å²) in [6.07, 6.45) is 2.35. The van der Waals surface area contributed by atoms with Crippen molar-refractivity contribution in [1.29, 1.82) is 0 Å². The molecule has 0 aliphatic heterocycles. The van der Waals surface area contributed by atoms with Crippen LogP contribution in [-0.4, -0.2) is 19.5 Å². The normalized spacial score (nSPS) is 10.4. The maximum Gasteiger partial charge on any atom is 0.350 e. The van der Waals surface area contributed by atoms with Gasteiger partial charge in [0.25, 0.3) is 0 Å². The molecule has 0 radical (unpaired) electrons. The zero-order chi connectivity index (χ0) is 14.0. The number of nitrogens with zero attached hydrogens (tertiary/aromatic N) is 3. The van der Waals surface area contributed by atoms with Crippen LogP contribution < -0.4 is 11.2 Å². The lowest BCUT2D eigenvalue weighted by molar-refractivity contribution is -0.386. The van der Waals surface area contributed by atoms with Crippen molar-refractivity contribution in [1.82, 2.24) is 14.5 Å². The monoisotopic (exact) mass is 282 g/mol. The molecule has 0 spiro atoms. The van der Waals surface area contributed by atoms with Crippen LogP contribution >= 0.6 is 11.6 Å². The van der Waals surface area contributed by atoms with Crippen LogP contribution in [0.4, 0.5) is 5.69 Å². The molecule has 2 aromatic heterocycles. The smallest absolute Gasteiger partial charge is 0.289 e. The van der Waals surface area contributed by atoms with Crippen molar-refractivity contribution >= 4 is 17.3 Å². The predicted molar refractivity (Wildman–Crippen MR) is 66.3 cm³/mol. The standard InChI is InChI=1S/C10H7ClN4O4/c11-8-3-6(1-2-12-8)4-14-5-7(15(18)19)9(16)13-10(14)17/h1-3,5H,4H2,(H,13,16,17). The van der Waals surface area contributed by atoms with Gasteiger partial charge in [0.05, 0.1) is 17.7 Å². The maximum atomic E-state index is 11.5. The van der Waals surface area contributed by atoms with E-state index in [1.165, 1.54) is 12.3 Å². The summed E-state index contributed by atoms with van der Waals surface area (Å²) >= 11 is 5.69. The minimum atomic E-state index is -1.03. The number of pyridine rings is 1. The molecule has 0 fully saturated rings. The lowest BCUT2D eigenvalue weighted by Crippen LogP contribution is -2.31. The number of H-pyrrole nitrogens is 1. The van der Waals surface area contributed by atoms with Crippen LogP contribution in [0.25, 0.3) is 0 Å². The van der Waals surface area contributed by atoms with Gasteiger partial charge in [0.2, 0.25) is 0 Å². The number of hydrogen-bond donors (Lipinski definition) is 1. The van der Waals surface area contributed by atoms with E-state index in [0.29, 0.717) is 5.56 Å². The van der Waals surface area contributed by atoms with E-state index in [2.05, 4.69) is 4.98 Å². The van der Waals surface area contributed by atoms with Crippen LogP contribution in [0, 0.1) is 10.1 Å². The Morgan fingerprint density at radius 3 is 2.84 bits per heavy atom. The molecular weight excluding hydrogens is 276 g/mol. The van der Waals surface area contributed by atoms with E-state index in [9.17, 15) is 19.7 Å². The Bertz CT molecular complexity index is 752. The number of halogens is 1. The fourth-order valence-corrected chi connectivity index (χ4v) is 1.68. The maximum absolute atomic E-state index is 11.5. The van der Waals surface area contributed by atoms with Gasteiger partial charge in [-0.3, -0.25) is 24.5 Å². The van der Waals surface area contributed by atoms with Crippen LogP contribution in [0.3, 0.4) is 0 Å². The van der Waals surface area contributed by atoms with Gasteiger partial charge < -0.3 is 0 Å². The van der Waals surface area contributed by atoms with Gasteiger partial charge in [-0.05, 0) is 17.7 Å². The molecule has 2 rings (SSSR count). The van der Waals surface area contributed by atoms with E-state index >= 15 is 0 Å².